The van der Waals surface area contributed by atoms with Crippen LogP contribution in [0.1, 0.15) is 56.6 Å². The zero-order chi connectivity index (χ0) is 23.1. The van der Waals surface area contributed by atoms with Crippen molar-refractivity contribution in [1.82, 2.24) is 10.2 Å². The highest BCUT2D eigenvalue weighted by molar-refractivity contribution is 6.36. The summed E-state index contributed by atoms with van der Waals surface area (Å²) in [6.07, 6.45) is 5.52. The van der Waals surface area contributed by atoms with Gasteiger partial charge in [-0.25, -0.2) is 4.39 Å². The Balaban J connectivity index is 1.87. The Bertz CT molecular complexity index is 927. The lowest BCUT2D eigenvalue weighted by Gasteiger charge is -2.33. The average Bonchev–Trinajstić information content (AvgIpc) is 2.77. The summed E-state index contributed by atoms with van der Waals surface area (Å²) in [5.41, 5.74) is 0.858. The predicted molar refractivity (Wildman–Crippen MR) is 126 cm³/mol. The van der Waals surface area contributed by atoms with Crippen molar-refractivity contribution in [1.29, 1.82) is 0 Å². The predicted octanol–water partition coefficient (Wildman–Crippen LogP) is 5.93. The molecule has 32 heavy (non-hydrogen) atoms. The third kappa shape index (κ3) is 6.23. The van der Waals surface area contributed by atoms with Crippen molar-refractivity contribution >= 4 is 35.0 Å². The Morgan fingerprint density at radius 2 is 1.72 bits per heavy atom. The third-order valence-corrected chi connectivity index (χ3v) is 6.74. The molecule has 2 aromatic rings. The quantitative estimate of drug-likeness (QED) is 0.510. The van der Waals surface area contributed by atoms with Crippen molar-refractivity contribution in [2.24, 2.45) is 0 Å². The van der Waals surface area contributed by atoms with Crippen LogP contribution in [0.4, 0.5) is 4.39 Å². The zero-order valence-corrected chi connectivity index (χ0v) is 19.8. The standard InChI is InChI=1S/C25H29Cl2FN2O2/c1-2-23(25(32)29-18-10-4-3-5-11-18)30(16-19-20(26)12-8-13-21(19)27)24(31)15-17-9-6-7-14-22(17)28/h6-9,12-14,18,23H,2-5,10-11,15-16H2,1H3,(H,29,32)/t23-/m1/s1. The maximum Gasteiger partial charge on any atom is 0.243 e. The second-order valence-corrected chi connectivity index (χ2v) is 9.07. The van der Waals surface area contributed by atoms with Crippen molar-refractivity contribution < 1.29 is 14.0 Å². The third-order valence-electron chi connectivity index (χ3n) is 6.03. The number of benzene rings is 2. The van der Waals surface area contributed by atoms with E-state index in [0.717, 1.165) is 25.7 Å². The molecule has 1 fully saturated rings. The van der Waals surface area contributed by atoms with Crippen molar-refractivity contribution in [3.63, 3.8) is 0 Å². The maximum absolute atomic E-state index is 14.2. The summed E-state index contributed by atoms with van der Waals surface area (Å²) in [4.78, 5) is 28.1. The summed E-state index contributed by atoms with van der Waals surface area (Å²) >= 11 is 12.7. The molecule has 0 aromatic heterocycles. The smallest absolute Gasteiger partial charge is 0.243 e. The average molecular weight is 479 g/mol. The van der Waals surface area contributed by atoms with E-state index in [1.807, 2.05) is 6.92 Å². The molecule has 1 saturated carbocycles. The number of carbonyl (C=O) groups is 2. The van der Waals surface area contributed by atoms with Gasteiger partial charge in [0.1, 0.15) is 11.9 Å². The van der Waals surface area contributed by atoms with Gasteiger partial charge in [-0.15, -0.1) is 0 Å². The number of amides is 2. The van der Waals surface area contributed by atoms with Gasteiger partial charge in [0.15, 0.2) is 0 Å². The summed E-state index contributed by atoms with van der Waals surface area (Å²) in [6.45, 7) is 1.94. The lowest BCUT2D eigenvalue weighted by Crippen LogP contribution is -2.52. The minimum Gasteiger partial charge on any atom is -0.352 e. The number of carbonyl (C=O) groups excluding carboxylic acids is 2. The first-order chi connectivity index (χ1) is 15.4. The van der Waals surface area contributed by atoms with E-state index in [4.69, 9.17) is 23.2 Å². The van der Waals surface area contributed by atoms with Gasteiger partial charge in [-0.2, -0.15) is 0 Å². The van der Waals surface area contributed by atoms with E-state index < -0.39 is 11.9 Å². The van der Waals surface area contributed by atoms with E-state index in [-0.39, 0.29) is 36.4 Å². The summed E-state index contributed by atoms with van der Waals surface area (Å²) in [5, 5.41) is 3.96. The normalized spacial score (nSPS) is 15.2. The molecule has 1 aliphatic carbocycles. The molecule has 172 valence electrons. The van der Waals surface area contributed by atoms with Crippen LogP contribution in [0.25, 0.3) is 0 Å². The molecule has 4 nitrogen and oxygen atoms in total. The molecule has 1 atom stereocenters. The first-order valence-corrected chi connectivity index (χ1v) is 11.9. The van der Waals surface area contributed by atoms with Crippen LogP contribution in [0.3, 0.4) is 0 Å². The van der Waals surface area contributed by atoms with Crippen LogP contribution in [-0.2, 0) is 22.6 Å². The van der Waals surface area contributed by atoms with Gasteiger partial charge in [-0.1, -0.05) is 73.7 Å². The van der Waals surface area contributed by atoms with Crippen LogP contribution >= 0.6 is 23.2 Å². The fourth-order valence-corrected chi connectivity index (χ4v) is 4.74. The van der Waals surface area contributed by atoms with Gasteiger partial charge in [0, 0.05) is 28.2 Å². The highest BCUT2D eigenvalue weighted by Gasteiger charge is 2.31. The fourth-order valence-electron chi connectivity index (χ4n) is 4.22. The second kappa shape index (κ2) is 11.7. The first-order valence-electron chi connectivity index (χ1n) is 11.2. The van der Waals surface area contributed by atoms with E-state index in [1.165, 1.54) is 17.4 Å². The zero-order valence-electron chi connectivity index (χ0n) is 18.3. The molecule has 0 aliphatic heterocycles. The van der Waals surface area contributed by atoms with E-state index in [2.05, 4.69) is 5.32 Å². The van der Waals surface area contributed by atoms with E-state index >= 15 is 0 Å². The van der Waals surface area contributed by atoms with Gasteiger partial charge in [-0.05, 0) is 43.0 Å². The molecular formula is C25H29Cl2FN2O2. The molecule has 7 heteroatoms. The Labute approximate surface area is 199 Å². The molecule has 0 unspecified atom stereocenters. The SMILES string of the molecule is CC[C@H](C(=O)NC1CCCCC1)N(Cc1c(Cl)cccc1Cl)C(=O)Cc1ccccc1F. The van der Waals surface area contributed by atoms with Crippen molar-refractivity contribution in [2.75, 3.05) is 0 Å². The van der Waals surface area contributed by atoms with E-state index in [1.54, 1.807) is 36.4 Å². The lowest BCUT2D eigenvalue weighted by atomic mass is 9.95. The Kier molecular flexibility index (Phi) is 8.94. The molecular weight excluding hydrogens is 450 g/mol. The monoisotopic (exact) mass is 478 g/mol. The molecule has 3 rings (SSSR count). The van der Waals surface area contributed by atoms with Gasteiger partial charge in [-0.3, -0.25) is 9.59 Å². The van der Waals surface area contributed by atoms with Crippen molar-refractivity contribution in [3.8, 4) is 0 Å². The van der Waals surface area contributed by atoms with Crippen LogP contribution in [-0.4, -0.2) is 28.8 Å². The Morgan fingerprint density at radius 1 is 1.06 bits per heavy atom. The van der Waals surface area contributed by atoms with Gasteiger partial charge in [0.2, 0.25) is 11.8 Å². The number of halogens is 3. The van der Waals surface area contributed by atoms with Gasteiger partial charge < -0.3 is 10.2 Å². The van der Waals surface area contributed by atoms with E-state index in [9.17, 15) is 14.0 Å². The van der Waals surface area contributed by atoms with Crippen LogP contribution in [0.2, 0.25) is 10.0 Å². The maximum atomic E-state index is 14.2. The van der Waals surface area contributed by atoms with E-state index in [0.29, 0.717) is 22.0 Å². The number of hydrogen-bond acceptors (Lipinski definition) is 2. The summed E-state index contributed by atoms with van der Waals surface area (Å²) < 4.78 is 14.2. The summed E-state index contributed by atoms with van der Waals surface area (Å²) in [6, 6.07) is 10.7. The first kappa shape index (κ1) is 24.5. The molecule has 0 radical (unpaired) electrons. The van der Waals surface area contributed by atoms with Gasteiger partial charge >= 0.3 is 0 Å². The number of rotatable bonds is 8. The molecule has 1 N–H and O–H groups in total. The molecule has 1 aliphatic rings. The topological polar surface area (TPSA) is 49.4 Å². The highest BCUT2D eigenvalue weighted by Crippen LogP contribution is 2.28. The molecule has 2 amide bonds. The highest BCUT2D eigenvalue weighted by atomic mass is 35.5. The largest absolute Gasteiger partial charge is 0.352 e. The van der Waals surface area contributed by atoms with Crippen molar-refractivity contribution in [3.05, 3.63) is 69.5 Å². The molecule has 0 saturated heterocycles. The molecule has 0 spiro atoms. The van der Waals surface area contributed by atoms with Crippen LogP contribution in [0.5, 0.6) is 0 Å². The minimum atomic E-state index is -0.705. The molecule has 0 heterocycles. The summed E-state index contributed by atoms with van der Waals surface area (Å²) in [7, 11) is 0. The van der Waals surface area contributed by atoms with Crippen LogP contribution < -0.4 is 5.32 Å². The van der Waals surface area contributed by atoms with Crippen molar-refractivity contribution in [2.45, 2.75) is 70.5 Å². The minimum absolute atomic E-state index is 0.0718. The Morgan fingerprint density at radius 3 is 2.34 bits per heavy atom. The van der Waals surface area contributed by atoms with Gasteiger partial charge in [0.25, 0.3) is 0 Å². The molecule has 2 aromatic carbocycles. The van der Waals surface area contributed by atoms with Crippen LogP contribution in [0, 0.1) is 5.82 Å². The lowest BCUT2D eigenvalue weighted by molar-refractivity contribution is -0.141. The van der Waals surface area contributed by atoms with Crippen LogP contribution in [0.15, 0.2) is 42.5 Å². The number of nitrogens with zero attached hydrogens (tertiary/aromatic N) is 1. The van der Waals surface area contributed by atoms with Gasteiger partial charge in [0.05, 0.1) is 6.42 Å². The Hall–Kier alpha value is -2.11. The number of hydrogen-bond donors (Lipinski definition) is 1. The molecule has 0 bridgehead atoms. The summed E-state index contributed by atoms with van der Waals surface area (Å²) in [5.74, 6) is -0.988. The fraction of sp³-hybridized carbons (Fsp3) is 0.440. The second-order valence-electron chi connectivity index (χ2n) is 8.26. The number of nitrogens with one attached hydrogen (secondary N) is 1.